The number of pyridine rings is 1. The minimum Gasteiger partial charge on any atom is -0.332 e. The van der Waals surface area contributed by atoms with Gasteiger partial charge >= 0.3 is 0 Å². The van der Waals surface area contributed by atoms with Gasteiger partial charge in [-0.1, -0.05) is 6.08 Å². The number of nitrogens with zero attached hydrogens (tertiary/aromatic N) is 2. The molecule has 1 aliphatic carbocycles. The zero-order valence-corrected chi connectivity index (χ0v) is 10.5. The fraction of sp³-hybridized carbons (Fsp3) is 0.333. The van der Waals surface area contributed by atoms with Crippen LogP contribution in [0.25, 0.3) is 0 Å². The monoisotopic (exact) mass is 280 g/mol. The lowest BCUT2D eigenvalue weighted by Crippen LogP contribution is -2.33. The minimum atomic E-state index is 0.0439. The van der Waals surface area contributed by atoms with Crippen molar-refractivity contribution in [1.82, 2.24) is 9.88 Å². The summed E-state index contributed by atoms with van der Waals surface area (Å²) in [5, 5.41) is 0. The lowest BCUT2D eigenvalue weighted by molar-refractivity contribution is 0.0762. The average molecular weight is 281 g/mol. The van der Waals surface area contributed by atoms with Gasteiger partial charge in [0.05, 0.1) is 5.56 Å². The van der Waals surface area contributed by atoms with Crippen molar-refractivity contribution in [1.29, 1.82) is 0 Å². The molecule has 16 heavy (non-hydrogen) atoms. The molecule has 1 fully saturated rings. The van der Waals surface area contributed by atoms with Crippen LogP contribution >= 0.6 is 15.9 Å². The van der Waals surface area contributed by atoms with Crippen LogP contribution in [0.2, 0.25) is 0 Å². The van der Waals surface area contributed by atoms with E-state index in [1.165, 1.54) is 0 Å². The van der Waals surface area contributed by atoms with E-state index in [0.29, 0.717) is 18.2 Å². The number of hydrogen-bond acceptors (Lipinski definition) is 2. The maximum Gasteiger partial charge on any atom is 0.255 e. The second kappa shape index (κ2) is 4.78. The Kier molecular flexibility index (Phi) is 3.39. The SMILES string of the molecule is C=CCN(C(=O)c1ccc(Br)nc1)C1CC1. The van der Waals surface area contributed by atoms with E-state index >= 15 is 0 Å². The van der Waals surface area contributed by atoms with Gasteiger partial charge in [0.1, 0.15) is 4.60 Å². The molecule has 0 saturated heterocycles. The van der Waals surface area contributed by atoms with E-state index < -0.39 is 0 Å². The van der Waals surface area contributed by atoms with Crippen molar-refractivity contribution in [3.63, 3.8) is 0 Å². The summed E-state index contributed by atoms with van der Waals surface area (Å²) in [6.45, 7) is 4.29. The third-order valence-electron chi connectivity index (χ3n) is 2.55. The Morgan fingerprint density at radius 1 is 1.62 bits per heavy atom. The molecule has 3 nitrogen and oxygen atoms in total. The number of amides is 1. The second-order valence-corrected chi connectivity index (χ2v) is 4.66. The van der Waals surface area contributed by atoms with Crippen molar-refractivity contribution in [2.75, 3.05) is 6.54 Å². The summed E-state index contributed by atoms with van der Waals surface area (Å²) >= 11 is 3.25. The summed E-state index contributed by atoms with van der Waals surface area (Å²) in [6.07, 6.45) is 5.57. The van der Waals surface area contributed by atoms with E-state index in [0.717, 1.165) is 17.4 Å². The van der Waals surface area contributed by atoms with Crippen LogP contribution in [-0.2, 0) is 0 Å². The molecule has 0 atom stereocenters. The molecular formula is C12H13BrN2O. The average Bonchev–Trinajstić information content (AvgIpc) is 3.10. The van der Waals surface area contributed by atoms with Crippen LogP contribution < -0.4 is 0 Å². The van der Waals surface area contributed by atoms with Crippen molar-refractivity contribution in [2.24, 2.45) is 0 Å². The number of rotatable bonds is 4. The molecule has 0 bridgehead atoms. The van der Waals surface area contributed by atoms with E-state index in [1.807, 2.05) is 4.90 Å². The summed E-state index contributed by atoms with van der Waals surface area (Å²) in [6, 6.07) is 3.97. The lowest BCUT2D eigenvalue weighted by atomic mass is 10.2. The molecule has 1 saturated carbocycles. The number of carbonyl (C=O) groups excluding carboxylic acids is 1. The first-order valence-corrected chi connectivity index (χ1v) is 6.05. The Hall–Kier alpha value is -1.16. The van der Waals surface area contributed by atoms with Crippen molar-refractivity contribution < 1.29 is 4.79 Å². The highest BCUT2D eigenvalue weighted by Crippen LogP contribution is 2.28. The Bertz CT molecular complexity index is 398. The molecule has 1 aromatic rings. The quantitative estimate of drug-likeness (QED) is 0.628. The molecule has 0 N–H and O–H groups in total. The van der Waals surface area contributed by atoms with Crippen LogP contribution in [0.5, 0.6) is 0 Å². The second-order valence-electron chi connectivity index (χ2n) is 3.85. The summed E-state index contributed by atoms with van der Waals surface area (Å²) in [5.41, 5.74) is 0.636. The summed E-state index contributed by atoms with van der Waals surface area (Å²) in [4.78, 5) is 18.1. The molecule has 0 radical (unpaired) electrons. The molecule has 84 valence electrons. The Morgan fingerprint density at radius 2 is 2.38 bits per heavy atom. The van der Waals surface area contributed by atoms with Gasteiger partial charge in [-0.25, -0.2) is 4.98 Å². The molecule has 1 aliphatic rings. The molecule has 0 unspecified atom stereocenters. The molecule has 1 heterocycles. The summed E-state index contributed by atoms with van der Waals surface area (Å²) in [5.74, 6) is 0.0439. The van der Waals surface area contributed by atoms with Gasteiger partial charge in [0, 0.05) is 18.8 Å². The molecule has 0 aliphatic heterocycles. The zero-order chi connectivity index (χ0) is 11.5. The summed E-state index contributed by atoms with van der Waals surface area (Å²) < 4.78 is 0.741. The van der Waals surface area contributed by atoms with Gasteiger partial charge in [0.2, 0.25) is 0 Å². The highest BCUT2D eigenvalue weighted by molar-refractivity contribution is 9.10. The standard InChI is InChI=1S/C12H13BrN2O/c1-2-7-15(10-4-5-10)12(16)9-3-6-11(13)14-8-9/h2-3,6,8,10H,1,4-5,7H2. The number of carbonyl (C=O) groups is 1. The Balaban J connectivity index is 2.15. The molecule has 1 amide bonds. The third kappa shape index (κ3) is 2.50. The van der Waals surface area contributed by atoms with E-state index in [2.05, 4.69) is 27.5 Å². The topological polar surface area (TPSA) is 33.2 Å². The molecule has 0 spiro atoms. The van der Waals surface area contributed by atoms with Crippen LogP contribution in [0, 0.1) is 0 Å². The third-order valence-corrected chi connectivity index (χ3v) is 3.02. The van der Waals surface area contributed by atoms with Gasteiger partial charge in [-0.3, -0.25) is 4.79 Å². The van der Waals surface area contributed by atoms with Gasteiger partial charge in [-0.15, -0.1) is 6.58 Å². The van der Waals surface area contributed by atoms with E-state index in [4.69, 9.17) is 0 Å². The van der Waals surface area contributed by atoms with Crippen LogP contribution in [0.1, 0.15) is 23.2 Å². The first kappa shape index (κ1) is 11.3. The first-order chi connectivity index (χ1) is 7.72. The number of aromatic nitrogens is 1. The van der Waals surface area contributed by atoms with Gasteiger partial charge < -0.3 is 4.90 Å². The molecule has 4 heteroatoms. The highest BCUT2D eigenvalue weighted by atomic mass is 79.9. The largest absolute Gasteiger partial charge is 0.332 e. The van der Waals surface area contributed by atoms with Gasteiger partial charge in [0.15, 0.2) is 0 Å². The maximum absolute atomic E-state index is 12.2. The summed E-state index contributed by atoms with van der Waals surface area (Å²) in [7, 11) is 0. The Labute approximate surface area is 103 Å². The molecule has 2 rings (SSSR count). The lowest BCUT2D eigenvalue weighted by Gasteiger charge is -2.20. The van der Waals surface area contributed by atoms with E-state index in [-0.39, 0.29) is 5.91 Å². The number of hydrogen-bond donors (Lipinski definition) is 0. The van der Waals surface area contributed by atoms with Crippen LogP contribution in [0.3, 0.4) is 0 Å². The van der Waals surface area contributed by atoms with Crippen molar-refractivity contribution >= 4 is 21.8 Å². The smallest absolute Gasteiger partial charge is 0.255 e. The van der Waals surface area contributed by atoms with Gasteiger partial charge in [-0.05, 0) is 40.9 Å². The van der Waals surface area contributed by atoms with Crippen LogP contribution in [0.15, 0.2) is 35.6 Å². The van der Waals surface area contributed by atoms with Gasteiger partial charge in [-0.2, -0.15) is 0 Å². The Morgan fingerprint density at radius 3 is 2.88 bits per heavy atom. The van der Waals surface area contributed by atoms with Crippen molar-refractivity contribution in [2.45, 2.75) is 18.9 Å². The molecule has 1 aromatic heterocycles. The van der Waals surface area contributed by atoms with Crippen molar-refractivity contribution in [3.05, 3.63) is 41.2 Å². The minimum absolute atomic E-state index is 0.0439. The van der Waals surface area contributed by atoms with Crippen LogP contribution in [-0.4, -0.2) is 28.4 Å². The maximum atomic E-state index is 12.2. The number of halogens is 1. The van der Waals surface area contributed by atoms with E-state index in [1.54, 1.807) is 24.4 Å². The molecular weight excluding hydrogens is 268 g/mol. The first-order valence-electron chi connectivity index (χ1n) is 5.26. The van der Waals surface area contributed by atoms with E-state index in [9.17, 15) is 4.79 Å². The predicted molar refractivity (Wildman–Crippen MR) is 66.2 cm³/mol. The fourth-order valence-electron chi connectivity index (χ4n) is 1.59. The highest BCUT2D eigenvalue weighted by Gasteiger charge is 2.32. The molecule has 0 aromatic carbocycles. The van der Waals surface area contributed by atoms with Gasteiger partial charge in [0.25, 0.3) is 5.91 Å². The predicted octanol–water partition coefficient (Wildman–Crippen LogP) is 2.63. The fourth-order valence-corrected chi connectivity index (χ4v) is 1.83. The van der Waals surface area contributed by atoms with Crippen molar-refractivity contribution in [3.8, 4) is 0 Å². The van der Waals surface area contributed by atoms with Crippen LogP contribution in [0.4, 0.5) is 0 Å². The zero-order valence-electron chi connectivity index (χ0n) is 8.90. The normalized spacial score (nSPS) is 14.6.